The van der Waals surface area contributed by atoms with Crippen molar-refractivity contribution >= 4 is 16.7 Å². The number of fused-ring (bicyclic) bond motifs is 8. The number of aliphatic hydroxyl groups is 3. The molecule has 0 unspecified atom stereocenters. The fourth-order valence-corrected chi connectivity index (χ4v) is 9.13. The lowest BCUT2D eigenvalue weighted by molar-refractivity contribution is -0.121. The van der Waals surface area contributed by atoms with Crippen LogP contribution in [0, 0.1) is 35.2 Å². The van der Waals surface area contributed by atoms with Crippen LogP contribution in [0.4, 0.5) is 0 Å². The molecular formula is C44H50N4O7. The summed E-state index contributed by atoms with van der Waals surface area (Å²) in [5.41, 5.74) is 12.4. The molecule has 11 heteroatoms. The molecule has 8 rings (SSSR count). The van der Waals surface area contributed by atoms with Gasteiger partial charge >= 0.3 is 0 Å². The minimum atomic E-state index is -1.06. The van der Waals surface area contributed by atoms with Crippen LogP contribution in [0.15, 0.2) is 42.9 Å². The molecule has 3 aliphatic heterocycles. The zero-order chi connectivity index (χ0) is 38.3. The number of aromatic hydroxyl groups is 1. The highest BCUT2D eigenvalue weighted by atomic mass is 16.5. The highest BCUT2D eigenvalue weighted by Gasteiger charge is 2.46. The SMILES string of the molecule is CCC[C@H](O)C[C@@H](O)CC(=O)CCc1cc2c(cc1O)OC#CC1(CCCC1)[C@@H]1C#C[C@H](O)c3ccc4c(c3Cc3c[nH]c5cn(cc35)[C@H]1O2)CCN[C@H]4N. The van der Waals surface area contributed by atoms with Gasteiger partial charge in [-0.2, -0.15) is 0 Å². The first kappa shape index (κ1) is 37.2. The number of phenols is 1. The number of carbonyl (C=O) groups excluding carboxylic acids is 1. The van der Waals surface area contributed by atoms with Gasteiger partial charge in [0.05, 0.1) is 35.2 Å². The van der Waals surface area contributed by atoms with Crippen LogP contribution in [0.2, 0.25) is 0 Å². The minimum absolute atomic E-state index is 0.0552. The van der Waals surface area contributed by atoms with E-state index in [0.717, 1.165) is 83.8 Å². The molecule has 0 saturated heterocycles. The van der Waals surface area contributed by atoms with E-state index in [4.69, 9.17) is 15.2 Å². The number of rotatable bonds is 9. The van der Waals surface area contributed by atoms with E-state index in [1.54, 1.807) is 6.07 Å². The number of aliphatic hydroxyl groups excluding tert-OH is 3. The number of carbonyl (C=O) groups is 1. The third kappa shape index (κ3) is 7.36. The van der Waals surface area contributed by atoms with Gasteiger partial charge in [-0.15, -0.1) is 0 Å². The van der Waals surface area contributed by atoms with Crippen molar-refractivity contribution in [2.75, 3.05) is 6.54 Å². The second kappa shape index (κ2) is 15.4. The molecule has 2 aromatic heterocycles. The van der Waals surface area contributed by atoms with Gasteiger partial charge in [0.15, 0.2) is 17.7 Å². The van der Waals surface area contributed by atoms with Crippen molar-refractivity contribution in [3.63, 3.8) is 0 Å². The number of nitrogens with zero attached hydrogens (tertiary/aromatic N) is 1. The molecule has 288 valence electrons. The van der Waals surface area contributed by atoms with Crippen LogP contribution in [0.5, 0.6) is 17.2 Å². The van der Waals surface area contributed by atoms with Crippen molar-refractivity contribution in [1.29, 1.82) is 0 Å². The highest BCUT2D eigenvalue weighted by Crippen LogP contribution is 2.51. The standard InChI is InChI=1S/C44H50N4O7/c1-2-5-28(49)20-30(51)21-29(50)7-6-26-19-41-40(22-39(26)53)54-17-15-44(13-3-4-14-44)36-10-11-38(52)32-8-9-33-31(12-16-46-42(33)45)34(32)18-27-23-47-37-25-48(24-35(27)37)43(36)55-41/h8-9,19,22-25,28,30,36,38,42-43,46-47,49,51-53H,2-7,12-14,16,18,20-21,45H2,1H3/t28-,30+,36+,38-,42+,43-/m0/s1. The molecule has 8 N–H and O–H groups in total. The minimum Gasteiger partial charge on any atom is -0.508 e. The number of hydrogen-bond acceptors (Lipinski definition) is 9. The Kier molecular flexibility index (Phi) is 10.4. The molecular weight excluding hydrogens is 697 g/mol. The Bertz CT molecular complexity index is 2210. The number of benzene rings is 2. The van der Waals surface area contributed by atoms with Crippen molar-refractivity contribution < 1.29 is 34.7 Å². The molecule has 5 heterocycles. The van der Waals surface area contributed by atoms with Crippen molar-refractivity contribution in [3.05, 3.63) is 76.2 Å². The Hall–Kier alpha value is -4.75. The van der Waals surface area contributed by atoms with Crippen LogP contribution in [0.1, 0.15) is 117 Å². The predicted molar refractivity (Wildman–Crippen MR) is 207 cm³/mol. The molecule has 4 aromatic rings. The summed E-state index contributed by atoms with van der Waals surface area (Å²) in [5, 5.41) is 47.9. The monoisotopic (exact) mass is 746 g/mol. The first-order chi connectivity index (χ1) is 26.6. The first-order valence-electron chi connectivity index (χ1n) is 19.7. The number of Topliss-reactive ketones (excluding diaryl/α,β-unsaturated/α-hetero) is 1. The maximum atomic E-state index is 12.9. The van der Waals surface area contributed by atoms with Crippen LogP contribution in [0.3, 0.4) is 0 Å². The summed E-state index contributed by atoms with van der Waals surface area (Å²) >= 11 is 0. The molecule has 0 amide bonds. The smallest absolute Gasteiger partial charge is 0.191 e. The highest BCUT2D eigenvalue weighted by molar-refractivity contribution is 5.83. The van der Waals surface area contributed by atoms with Crippen molar-refractivity contribution in [2.24, 2.45) is 17.1 Å². The lowest BCUT2D eigenvalue weighted by atomic mass is 9.73. The molecule has 1 saturated carbocycles. The van der Waals surface area contributed by atoms with Gasteiger partial charge < -0.3 is 45.2 Å². The number of nitrogens with one attached hydrogen (secondary N) is 2. The van der Waals surface area contributed by atoms with E-state index >= 15 is 0 Å². The van der Waals surface area contributed by atoms with Gasteiger partial charge in [-0.05, 0) is 78.0 Å². The second-order valence-corrected chi connectivity index (χ2v) is 15.8. The number of phenolic OH excluding ortho intramolecular Hbond substituents is 1. The van der Waals surface area contributed by atoms with E-state index in [1.165, 1.54) is 6.07 Å². The maximum Gasteiger partial charge on any atom is 0.191 e. The number of aryl methyl sites for hydroxylation is 1. The van der Waals surface area contributed by atoms with Crippen LogP contribution in [-0.4, -0.2) is 54.5 Å². The molecule has 1 fully saturated rings. The lowest BCUT2D eigenvalue weighted by Gasteiger charge is -2.35. The van der Waals surface area contributed by atoms with Crippen molar-refractivity contribution in [2.45, 2.75) is 115 Å². The van der Waals surface area contributed by atoms with Crippen molar-refractivity contribution in [3.8, 4) is 41.1 Å². The first-order valence-corrected chi connectivity index (χ1v) is 19.7. The molecule has 1 aliphatic carbocycles. The third-order valence-corrected chi connectivity index (χ3v) is 12.0. The average Bonchev–Trinajstić information content (AvgIpc) is 3.90. The third-order valence-electron chi connectivity index (χ3n) is 12.0. The Morgan fingerprint density at radius 2 is 1.91 bits per heavy atom. The summed E-state index contributed by atoms with van der Waals surface area (Å²) in [4.78, 5) is 16.4. The molecule has 2 aromatic carbocycles. The number of ketones is 1. The van der Waals surface area contributed by atoms with E-state index in [0.29, 0.717) is 24.2 Å². The van der Waals surface area contributed by atoms with Gasteiger partial charge in [0.25, 0.3) is 0 Å². The summed E-state index contributed by atoms with van der Waals surface area (Å²) in [6.45, 7) is 2.71. The van der Waals surface area contributed by atoms with Gasteiger partial charge in [0.2, 0.25) is 0 Å². The molecule has 11 nitrogen and oxygen atoms in total. The lowest BCUT2D eigenvalue weighted by Crippen LogP contribution is -2.36. The predicted octanol–water partition coefficient (Wildman–Crippen LogP) is 5.33. The van der Waals surface area contributed by atoms with Crippen LogP contribution >= 0.6 is 0 Å². The zero-order valence-electron chi connectivity index (χ0n) is 31.2. The van der Waals surface area contributed by atoms with Crippen LogP contribution < -0.4 is 20.5 Å². The van der Waals surface area contributed by atoms with E-state index in [-0.39, 0.29) is 49.1 Å². The summed E-state index contributed by atoms with van der Waals surface area (Å²) in [7, 11) is 0. The van der Waals surface area contributed by atoms with Gasteiger partial charge in [0.1, 0.15) is 23.7 Å². The largest absolute Gasteiger partial charge is 0.508 e. The molecule has 2 bridgehead atoms. The fraction of sp³-hybridized carbons (Fsp3) is 0.477. The Balaban J connectivity index is 1.18. The number of H-pyrrole nitrogens is 1. The Labute approximate surface area is 321 Å². The van der Waals surface area contributed by atoms with Crippen molar-refractivity contribution in [1.82, 2.24) is 14.9 Å². The van der Waals surface area contributed by atoms with Crippen LogP contribution in [0.25, 0.3) is 10.9 Å². The number of nitrogens with two attached hydrogens (primary N) is 1. The maximum absolute atomic E-state index is 12.9. The van der Waals surface area contributed by atoms with Crippen LogP contribution in [-0.2, 0) is 24.1 Å². The summed E-state index contributed by atoms with van der Waals surface area (Å²) < 4.78 is 15.1. The summed E-state index contributed by atoms with van der Waals surface area (Å²) in [6.07, 6.45) is 12.1. The summed E-state index contributed by atoms with van der Waals surface area (Å²) in [6, 6.07) is 7.14. The summed E-state index contributed by atoms with van der Waals surface area (Å²) in [5.74, 6) is 10.1. The van der Waals surface area contributed by atoms with E-state index < -0.39 is 35.9 Å². The second-order valence-electron chi connectivity index (χ2n) is 15.8. The Morgan fingerprint density at radius 3 is 2.73 bits per heavy atom. The Morgan fingerprint density at radius 1 is 1.09 bits per heavy atom. The van der Waals surface area contributed by atoms with Gasteiger partial charge in [-0.1, -0.05) is 56.1 Å². The number of aromatic amines is 1. The molecule has 4 aliphatic rings. The van der Waals surface area contributed by atoms with Gasteiger partial charge in [-0.3, -0.25) is 10.1 Å². The molecule has 6 atom stereocenters. The quantitative estimate of drug-likeness (QED) is 0.112. The number of aromatic nitrogens is 2. The number of ether oxygens (including phenoxy) is 2. The van der Waals surface area contributed by atoms with Gasteiger partial charge in [0, 0.05) is 55.9 Å². The molecule has 1 spiro atoms. The topological polar surface area (TPSA) is 175 Å². The molecule has 55 heavy (non-hydrogen) atoms. The fourth-order valence-electron chi connectivity index (χ4n) is 9.13. The average molecular weight is 747 g/mol. The normalized spacial score (nSPS) is 23.3. The van der Waals surface area contributed by atoms with E-state index in [1.807, 2.05) is 36.0 Å². The van der Waals surface area contributed by atoms with E-state index in [2.05, 4.69) is 40.4 Å². The van der Waals surface area contributed by atoms with E-state index in [9.17, 15) is 25.2 Å². The van der Waals surface area contributed by atoms with Gasteiger partial charge in [-0.25, -0.2) is 0 Å². The number of hydrogen-bond donors (Lipinski definition) is 7. The zero-order valence-corrected chi connectivity index (χ0v) is 31.2. The molecule has 0 radical (unpaired) electrons.